The van der Waals surface area contributed by atoms with Gasteiger partial charge in [-0.15, -0.1) is 0 Å². The van der Waals surface area contributed by atoms with E-state index in [-0.39, 0.29) is 18.0 Å². The summed E-state index contributed by atoms with van der Waals surface area (Å²) in [6, 6.07) is 15.6. The topological polar surface area (TPSA) is 55.4 Å². The van der Waals surface area contributed by atoms with Crippen molar-refractivity contribution in [1.29, 1.82) is 0 Å². The molecular formula is C14H14BrNO3S. The van der Waals surface area contributed by atoms with Crippen LogP contribution in [0, 0.1) is 0 Å². The zero-order valence-corrected chi connectivity index (χ0v) is 13.0. The molecule has 0 saturated heterocycles. The van der Waals surface area contributed by atoms with E-state index < -0.39 is 10.0 Å². The Bertz CT molecular complexity index is 659. The van der Waals surface area contributed by atoms with Crippen molar-refractivity contribution in [1.82, 2.24) is 4.72 Å². The van der Waals surface area contributed by atoms with Gasteiger partial charge >= 0.3 is 0 Å². The fraction of sp³-hybridized carbons (Fsp3) is 0.143. The Labute approximate surface area is 127 Å². The second-order valence-electron chi connectivity index (χ2n) is 4.02. The average Bonchev–Trinajstić information content (AvgIpc) is 2.45. The highest BCUT2D eigenvalue weighted by atomic mass is 79.9. The van der Waals surface area contributed by atoms with Gasteiger partial charge in [-0.25, -0.2) is 13.1 Å². The van der Waals surface area contributed by atoms with Gasteiger partial charge in [0, 0.05) is 11.0 Å². The molecule has 0 aliphatic heterocycles. The normalized spacial score (nSPS) is 11.2. The van der Waals surface area contributed by atoms with Crippen molar-refractivity contribution in [3.63, 3.8) is 0 Å². The molecule has 0 aliphatic rings. The lowest BCUT2D eigenvalue weighted by atomic mass is 10.3. The zero-order valence-electron chi connectivity index (χ0n) is 10.6. The molecule has 1 N–H and O–H groups in total. The fourth-order valence-electron chi connectivity index (χ4n) is 1.58. The number of benzene rings is 2. The Morgan fingerprint density at radius 3 is 2.50 bits per heavy atom. The van der Waals surface area contributed by atoms with Crippen LogP contribution >= 0.6 is 15.9 Å². The molecule has 106 valence electrons. The van der Waals surface area contributed by atoms with E-state index in [1.807, 2.05) is 24.3 Å². The van der Waals surface area contributed by atoms with Crippen molar-refractivity contribution in [3.8, 4) is 5.75 Å². The highest BCUT2D eigenvalue weighted by molar-refractivity contribution is 9.10. The van der Waals surface area contributed by atoms with Crippen LogP contribution in [0.2, 0.25) is 0 Å². The first-order valence-corrected chi connectivity index (χ1v) is 8.29. The van der Waals surface area contributed by atoms with Crippen LogP contribution in [0.5, 0.6) is 5.75 Å². The highest BCUT2D eigenvalue weighted by Crippen LogP contribution is 2.17. The molecule has 0 bridgehead atoms. The van der Waals surface area contributed by atoms with Crippen LogP contribution in [0.3, 0.4) is 0 Å². The summed E-state index contributed by atoms with van der Waals surface area (Å²) in [6.45, 7) is 0.478. The van der Waals surface area contributed by atoms with Gasteiger partial charge in [-0.2, -0.15) is 0 Å². The predicted octanol–water partition coefficient (Wildman–Crippen LogP) is 2.81. The third-order valence-corrected chi connectivity index (χ3v) is 4.48. The van der Waals surface area contributed by atoms with Gasteiger partial charge in [0.05, 0.1) is 4.90 Å². The van der Waals surface area contributed by atoms with Crippen LogP contribution in [0.4, 0.5) is 0 Å². The molecule has 0 unspecified atom stereocenters. The van der Waals surface area contributed by atoms with Gasteiger partial charge in [-0.05, 0) is 30.3 Å². The average molecular weight is 356 g/mol. The summed E-state index contributed by atoms with van der Waals surface area (Å²) in [5.74, 6) is 0.693. The SMILES string of the molecule is O=S(=O)(NCCOc1cccc(Br)c1)c1ccccc1. The number of sulfonamides is 1. The van der Waals surface area contributed by atoms with Gasteiger partial charge in [0.2, 0.25) is 10.0 Å². The van der Waals surface area contributed by atoms with E-state index in [4.69, 9.17) is 4.74 Å². The molecule has 0 saturated carbocycles. The summed E-state index contributed by atoms with van der Waals surface area (Å²) in [5.41, 5.74) is 0. The Morgan fingerprint density at radius 2 is 1.80 bits per heavy atom. The summed E-state index contributed by atoms with van der Waals surface area (Å²) in [7, 11) is -3.46. The number of nitrogens with one attached hydrogen (secondary N) is 1. The molecule has 2 aromatic rings. The molecule has 0 aliphatic carbocycles. The van der Waals surface area contributed by atoms with Gasteiger partial charge in [0.1, 0.15) is 12.4 Å². The zero-order chi connectivity index (χ0) is 14.4. The monoisotopic (exact) mass is 355 g/mol. The van der Waals surface area contributed by atoms with Crippen LogP contribution in [-0.2, 0) is 10.0 Å². The molecule has 2 rings (SSSR count). The van der Waals surface area contributed by atoms with Crippen LogP contribution in [0.1, 0.15) is 0 Å². The van der Waals surface area contributed by atoms with Gasteiger partial charge in [-0.3, -0.25) is 0 Å². The van der Waals surface area contributed by atoms with Gasteiger partial charge in [-0.1, -0.05) is 40.2 Å². The summed E-state index contributed by atoms with van der Waals surface area (Å²) < 4.78 is 32.7. The van der Waals surface area contributed by atoms with E-state index >= 15 is 0 Å². The number of ether oxygens (including phenoxy) is 1. The molecule has 0 radical (unpaired) electrons. The van der Waals surface area contributed by atoms with Gasteiger partial charge in [0.25, 0.3) is 0 Å². The van der Waals surface area contributed by atoms with Crippen molar-refractivity contribution < 1.29 is 13.2 Å². The molecule has 0 amide bonds. The quantitative estimate of drug-likeness (QED) is 0.810. The van der Waals surface area contributed by atoms with Crippen LogP contribution in [0.15, 0.2) is 64.0 Å². The number of halogens is 1. The lowest BCUT2D eigenvalue weighted by Crippen LogP contribution is -2.28. The molecule has 0 atom stereocenters. The summed E-state index contributed by atoms with van der Waals surface area (Å²) in [4.78, 5) is 0.252. The molecule has 6 heteroatoms. The minimum absolute atomic E-state index is 0.212. The lowest BCUT2D eigenvalue weighted by molar-refractivity contribution is 0.322. The molecular weight excluding hydrogens is 342 g/mol. The second kappa shape index (κ2) is 6.88. The largest absolute Gasteiger partial charge is 0.492 e. The van der Waals surface area contributed by atoms with Gasteiger partial charge < -0.3 is 4.74 Å². The third-order valence-electron chi connectivity index (χ3n) is 2.51. The van der Waals surface area contributed by atoms with E-state index in [9.17, 15) is 8.42 Å². The van der Waals surface area contributed by atoms with Crippen molar-refractivity contribution in [2.45, 2.75) is 4.90 Å². The summed E-state index contributed by atoms with van der Waals surface area (Å²) in [6.07, 6.45) is 0. The lowest BCUT2D eigenvalue weighted by Gasteiger charge is -2.08. The van der Waals surface area contributed by atoms with Crippen LogP contribution in [0.25, 0.3) is 0 Å². The molecule has 2 aromatic carbocycles. The van der Waals surface area contributed by atoms with Crippen molar-refractivity contribution in [3.05, 3.63) is 59.1 Å². The van der Waals surface area contributed by atoms with Crippen molar-refractivity contribution >= 4 is 26.0 Å². The molecule has 0 aromatic heterocycles. The first-order chi connectivity index (χ1) is 9.58. The van der Waals surface area contributed by atoms with Gasteiger partial charge in [0.15, 0.2) is 0 Å². The van der Waals surface area contributed by atoms with Crippen molar-refractivity contribution in [2.75, 3.05) is 13.2 Å². The van der Waals surface area contributed by atoms with E-state index in [2.05, 4.69) is 20.7 Å². The first kappa shape index (κ1) is 15.0. The molecule has 4 nitrogen and oxygen atoms in total. The maximum Gasteiger partial charge on any atom is 0.240 e. The standard InChI is InChI=1S/C14H14BrNO3S/c15-12-5-4-6-13(11-12)19-10-9-16-20(17,18)14-7-2-1-3-8-14/h1-8,11,16H,9-10H2. The maximum atomic E-state index is 11.9. The number of hydrogen-bond acceptors (Lipinski definition) is 3. The maximum absolute atomic E-state index is 11.9. The second-order valence-corrected chi connectivity index (χ2v) is 6.70. The minimum atomic E-state index is -3.46. The smallest absolute Gasteiger partial charge is 0.240 e. The number of rotatable bonds is 6. The van der Waals surface area contributed by atoms with E-state index in [1.165, 1.54) is 0 Å². The van der Waals surface area contributed by atoms with E-state index in [0.29, 0.717) is 5.75 Å². The predicted molar refractivity (Wildman–Crippen MR) is 81.3 cm³/mol. The Kier molecular flexibility index (Phi) is 5.17. The highest BCUT2D eigenvalue weighted by Gasteiger charge is 2.11. The summed E-state index contributed by atoms with van der Waals surface area (Å²) >= 11 is 3.34. The molecule has 0 spiro atoms. The Balaban J connectivity index is 1.84. The Morgan fingerprint density at radius 1 is 1.05 bits per heavy atom. The van der Waals surface area contributed by atoms with E-state index in [1.54, 1.807) is 30.3 Å². The molecule has 0 fully saturated rings. The Hall–Kier alpha value is -1.37. The minimum Gasteiger partial charge on any atom is -0.492 e. The summed E-state index contributed by atoms with van der Waals surface area (Å²) in [5, 5.41) is 0. The van der Waals surface area contributed by atoms with Crippen LogP contribution < -0.4 is 9.46 Å². The molecule has 0 heterocycles. The fourth-order valence-corrected chi connectivity index (χ4v) is 3.00. The van der Waals surface area contributed by atoms with Crippen LogP contribution in [-0.4, -0.2) is 21.6 Å². The van der Waals surface area contributed by atoms with Crippen molar-refractivity contribution in [2.24, 2.45) is 0 Å². The first-order valence-electron chi connectivity index (χ1n) is 6.01. The molecule has 20 heavy (non-hydrogen) atoms. The van der Waals surface area contributed by atoms with E-state index in [0.717, 1.165) is 4.47 Å². The third kappa shape index (κ3) is 4.33. The number of hydrogen-bond donors (Lipinski definition) is 1.